The van der Waals surface area contributed by atoms with Crippen LogP contribution in [0.1, 0.15) is 12.5 Å². The minimum absolute atomic E-state index is 0.117. The standard InChI is InChI=1S/C15H17F3O2S/c1-3-20-14(15(16,17)18)13(21-2)12(19)10-9-11-7-5-4-6-8-11/h4-10,12,19H,3H2,1-2H3/b10-9+,14-13+. The SMILES string of the molecule is CCO/C(=C(/SC)C(O)/C=C/c1ccccc1)C(F)(F)F. The van der Waals surface area contributed by atoms with Crippen molar-refractivity contribution in [3.63, 3.8) is 0 Å². The molecule has 0 amide bonds. The van der Waals surface area contributed by atoms with E-state index in [9.17, 15) is 18.3 Å². The summed E-state index contributed by atoms with van der Waals surface area (Å²) in [4.78, 5) is -0.253. The summed E-state index contributed by atoms with van der Waals surface area (Å²) in [6, 6.07) is 9.02. The second-order valence-corrected chi connectivity index (χ2v) is 4.89. The van der Waals surface area contributed by atoms with Gasteiger partial charge in [-0.15, -0.1) is 11.8 Å². The number of halogens is 3. The van der Waals surface area contributed by atoms with Gasteiger partial charge in [0.2, 0.25) is 5.76 Å². The number of aliphatic hydroxyl groups excluding tert-OH is 1. The number of hydrogen-bond donors (Lipinski definition) is 1. The number of allylic oxidation sites excluding steroid dienone is 1. The van der Waals surface area contributed by atoms with E-state index in [4.69, 9.17) is 0 Å². The molecule has 1 atom stereocenters. The maximum Gasteiger partial charge on any atom is 0.449 e. The fraction of sp³-hybridized carbons (Fsp3) is 0.333. The Morgan fingerprint density at radius 2 is 1.95 bits per heavy atom. The van der Waals surface area contributed by atoms with E-state index < -0.39 is 18.0 Å². The third kappa shape index (κ3) is 5.47. The lowest BCUT2D eigenvalue weighted by atomic mass is 10.2. The molecule has 0 aliphatic heterocycles. The van der Waals surface area contributed by atoms with Crippen molar-refractivity contribution in [2.75, 3.05) is 12.9 Å². The molecule has 0 saturated heterocycles. The van der Waals surface area contributed by atoms with Gasteiger partial charge >= 0.3 is 6.18 Å². The zero-order valence-corrected chi connectivity index (χ0v) is 12.5. The number of alkyl halides is 3. The largest absolute Gasteiger partial charge is 0.489 e. The number of aliphatic hydroxyl groups is 1. The summed E-state index contributed by atoms with van der Waals surface area (Å²) in [6.07, 6.45) is -1.65. The highest BCUT2D eigenvalue weighted by Crippen LogP contribution is 2.35. The topological polar surface area (TPSA) is 29.5 Å². The monoisotopic (exact) mass is 318 g/mol. The summed E-state index contributed by atoms with van der Waals surface area (Å²) in [5.41, 5.74) is 0.793. The molecule has 0 radical (unpaired) electrons. The molecular formula is C15H17F3O2S. The van der Waals surface area contributed by atoms with Crippen LogP contribution in [0.2, 0.25) is 0 Å². The van der Waals surface area contributed by atoms with Gasteiger partial charge in [-0.3, -0.25) is 0 Å². The third-order valence-corrected chi connectivity index (χ3v) is 3.40. The lowest BCUT2D eigenvalue weighted by Gasteiger charge is -2.18. The number of benzene rings is 1. The van der Waals surface area contributed by atoms with E-state index >= 15 is 0 Å². The summed E-state index contributed by atoms with van der Waals surface area (Å²) < 4.78 is 43.5. The first-order valence-electron chi connectivity index (χ1n) is 6.29. The minimum atomic E-state index is -4.63. The van der Waals surface area contributed by atoms with Crippen LogP contribution >= 0.6 is 11.8 Å². The third-order valence-electron chi connectivity index (χ3n) is 2.53. The van der Waals surface area contributed by atoms with Gasteiger partial charge in [-0.2, -0.15) is 13.2 Å². The lowest BCUT2D eigenvalue weighted by molar-refractivity contribution is -0.131. The van der Waals surface area contributed by atoms with Crippen LogP contribution in [0.4, 0.5) is 13.2 Å². The van der Waals surface area contributed by atoms with E-state index in [1.165, 1.54) is 19.3 Å². The molecule has 0 bridgehead atoms. The van der Waals surface area contributed by atoms with Gasteiger partial charge in [0.25, 0.3) is 0 Å². The molecule has 0 saturated carbocycles. The van der Waals surface area contributed by atoms with Crippen LogP contribution in [0.25, 0.3) is 6.08 Å². The molecule has 1 aromatic rings. The Labute approximate surface area is 126 Å². The van der Waals surface area contributed by atoms with Crippen LogP contribution in [0.5, 0.6) is 0 Å². The van der Waals surface area contributed by atoms with Crippen LogP contribution in [0.15, 0.2) is 47.1 Å². The fourth-order valence-electron chi connectivity index (χ4n) is 1.64. The van der Waals surface area contributed by atoms with Crippen molar-refractivity contribution in [2.45, 2.75) is 19.2 Å². The average molecular weight is 318 g/mol. The summed E-state index contributed by atoms with van der Waals surface area (Å²) in [5.74, 6) is -1.14. The Bertz CT molecular complexity index is 495. The van der Waals surface area contributed by atoms with E-state index in [1.54, 1.807) is 30.3 Å². The van der Waals surface area contributed by atoms with Crippen LogP contribution < -0.4 is 0 Å². The second kappa shape index (κ2) is 8.14. The van der Waals surface area contributed by atoms with Gasteiger partial charge in [-0.05, 0) is 18.7 Å². The van der Waals surface area contributed by atoms with Crippen molar-refractivity contribution in [1.29, 1.82) is 0 Å². The summed E-state index contributed by atoms with van der Waals surface area (Å²) in [7, 11) is 0. The number of thioether (sulfide) groups is 1. The fourth-order valence-corrected chi connectivity index (χ4v) is 2.32. The van der Waals surface area contributed by atoms with E-state index in [1.807, 2.05) is 6.07 Å². The number of rotatable bonds is 6. The number of ether oxygens (including phenoxy) is 1. The van der Waals surface area contributed by atoms with Crippen LogP contribution in [0, 0.1) is 0 Å². The highest BCUT2D eigenvalue weighted by Gasteiger charge is 2.39. The quantitative estimate of drug-likeness (QED) is 0.796. The minimum Gasteiger partial charge on any atom is -0.489 e. The van der Waals surface area contributed by atoms with Crippen molar-refractivity contribution in [3.8, 4) is 0 Å². The predicted octanol–water partition coefficient (Wildman–Crippen LogP) is 4.23. The maximum atomic E-state index is 12.9. The van der Waals surface area contributed by atoms with Gasteiger partial charge in [0.15, 0.2) is 0 Å². The molecule has 116 valence electrons. The Balaban J connectivity index is 3.04. The molecule has 0 aliphatic carbocycles. The van der Waals surface area contributed by atoms with Crippen LogP contribution in [-0.2, 0) is 4.74 Å². The molecule has 1 rings (SSSR count). The van der Waals surface area contributed by atoms with Crippen LogP contribution in [0.3, 0.4) is 0 Å². The number of hydrogen-bond acceptors (Lipinski definition) is 3. The summed E-state index contributed by atoms with van der Waals surface area (Å²) in [5, 5.41) is 9.99. The molecular weight excluding hydrogens is 301 g/mol. The molecule has 0 spiro atoms. The van der Waals surface area contributed by atoms with Crippen molar-refractivity contribution in [3.05, 3.63) is 52.6 Å². The van der Waals surface area contributed by atoms with Gasteiger partial charge < -0.3 is 9.84 Å². The first-order chi connectivity index (χ1) is 9.90. The maximum absolute atomic E-state index is 12.9. The van der Waals surface area contributed by atoms with E-state index in [2.05, 4.69) is 4.74 Å². The van der Waals surface area contributed by atoms with E-state index in [0.717, 1.165) is 17.3 Å². The molecule has 1 unspecified atom stereocenters. The molecule has 0 fully saturated rings. The first-order valence-corrected chi connectivity index (χ1v) is 7.52. The van der Waals surface area contributed by atoms with Crippen molar-refractivity contribution in [1.82, 2.24) is 0 Å². The molecule has 1 N–H and O–H groups in total. The van der Waals surface area contributed by atoms with E-state index in [0.29, 0.717) is 0 Å². The summed E-state index contributed by atoms with van der Waals surface area (Å²) in [6.45, 7) is 1.35. The first kappa shape index (κ1) is 17.7. The second-order valence-electron chi connectivity index (χ2n) is 4.04. The lowest BCUT2D eigenvalue weighted by Crippen LogP contribution is -2.21. The molecule has 2 nitrogen and oxygen atoms in total. The Hall–Kier alpha value is -1.40. The molecule has 1 aromatic carbocycles. The summed E-state index contributed by atoms with van der Waals surface area (Å²) >= 11 is 0.821. The zero-order valence-electron chi connectivity index (χ0n) is 11.7. The van der Waals surface area contributed by atoms with Crippen molar-refractivity contribution >= 4 is 17.8 Å². The van der Waals surface area contributed by atoms with Crippen LogP contribution in [-0.4, -0.2) is 30.2 Å². The zero-order chi connectivity index (χ0) is 15.9. The van der Waals surface area contributed by atoms with Gasteiger partial charge in [0.1, 0.15) is 6.10 Å². The molecule has 6 heteroatoms. The Morgan fingerprint density at radius 1 is 1.33 bits per heavy atom. The van der Waals surface area contributed by atoms with Gasteiger partial charge in [0.05, 0.1) is 11.5 Å². The average Bonchev–Trinajstić information content (AvgIpc) is 2.45. The predicted molar refractivity (Wildman–Crippen MR) is 79.7 cm³/mol. The van der Waals surface area contributed by atoms with E-state index in [-0.39, 0.29) is 11.5 Å². The molecule has 0 aliphatic rings. The Kier molecular flexibility index (Phi) is 6.84. The molecule has 21 heavy (non-hydrogen) atoms. The highest BCUT2D eigenvalue weighted by molar-refractivity contribution is 8.02. The van der Waals surface area contributed by atoms with Gasteiger partial charge in [0, 0.05) is 0 Å². The Morgan fingerprint density at radius 3 is 2.43 bits per heavy atom. The molecule has 0 aromatic heterocycles. The highest BCUT2D eigenvalue weighted by atomic mass is 32.2. The smallest absolute Gasteiger partial charge is 0.449 e. The molecule has 0 heterocycles. The van der Waals surface area contributed by atoms with Gasteiger partial charge in [-0.25, -0.2) is 0 Å². The van der Waals surface area contributed by atoms with Gasteiger partial charge in [-0.1, -0.05) is 42.5 Å². The normalized spacial score (nSPS) is 15.0. The van der Waals surface area contributed by atoms with Crippen molar-refractivity contribution < 1.29 is 23.0 Å². The van der Waals surface area contributed by atoms with Crippen molar-refractivity contribution in [2.24, 2.45) is 0 Å².